The van der Waals surface area contributed by atoms with Crippen LogP contribution in [0.5, 0.6) is 0 Å². The average Bonchev–Trinajstić information content (AvgIpc) is 2.74. The highest BCUT2D eigenvalue weighted by atomic mass is 79.9. The van der Waals surface area contributed by atoms with Crippen LogP contribution in [-0.4, -0.2) is 35.8 Å². The summed E-state index contributed by atoms with van der Waals surface area (Å²) in [5.41, 5.74) is 3.73. The zero-order valence-electron chi connectivity index (χ0n) is 18.3. The van der Waals surface area contributed by atoms with Crippen LogP contribution in [0.2, 0.25) is 0 Å². The van der Waals surface area contributed by atoms with E-state index < -0.39 is 0 Å². The molecule has 0 bridgehead atoms. The fourth-order valence-corrected chi connectivity index (χ4v) is 4.95. The van der Waals surface area contributed by atoms with Gasteiger partial charge in [-0.3, -0.25) is 4.79 Å². The Bertz CT molecular complexity index is 1140. The number of rotatable bonds is 6. The van der Waals surface area contributed by atoms with E-state index in [1.54, 1.807) is 0 Å². The molecule has 2 N–H and O–H groups in total. The van der Waals surface area contributed by atoms with Gasteiger partial charge in [0.25, 0.3) is 5.56 Å². The number of halogens is 1. The molecule has 0 atom stereocenters. The Kier molecular flexibility index (Phi) is 6.62. The summed E-state index contributed by atoms with van der Waals surface area (Å²) in [6, 6.07) is 8.83. The molecule has 3 heterocycles. The van der Waals surface area contributed by atoms with Crippen molar-refractivity contribution in [3.63, 3.8) is 0 Å². The SMILES string of the molecule is CCN(c1cc(Br)cc2c(NCc3c(C)cc(C)[nH]c3=O)nccc12)C1CCOCC1. The Morgan fingerprint density at radius 3 is 2.71 bits per heavy atom. The monoisotopic (exact) mass is 484 g/mol. The number of fused-ring (bicyclic) bond motifs is 1. The van der Waals surface area contributed by atoms with E-state index in [0.717, 1.165) is 70.5 Å². The van der Waals surface area contributed by atoms with Gasteiger partial charge in [0, 0.05) is 70.7 Å². The molecule has 164 valence electrons. The van der Waals surface area contributed by atoms with Crippen molar-refractivity contribution in [2.75, 3.05) is 30.0 Å². The van der Waals surface area contributed by atoms with Gasteiger partial charge in [0.2, 0.25) is 0 Å². The Hall–Kier alpha value is -2.38. The Labute approximate surface area is 191 Å². The minimum absolute atomic E-state index is 0.0521. The molecule has 1 aliphatic heterocycles. The van der Waals surface area contributed by atoms with Crippen LogP contribution in [-0.2, 0) is 11.3 Å². The molecule has 3 aromatic rings. The Morgan fingerprint density at radius 1 is 1.23 bits per heavy atom. The van der Waals surface area contributed by atoms with Gasteiger partial charge in [-0.25, -0.2) is 4.98 Å². The summed E-state index contributed by atoms with van der Waals surface area (Å²) < 4.78 is 6.59. The topological polar surface area (TPSA) is 70.2 Å². The number of nitrogens with one attached hydrogen (secondary N) is 2. The Morgan fingerprint density at radius 2 is 2.00 bits per heavy atom. The normalized spacial score (nSPS) is 14.7. The lowest BCUT2D eigenvalue weighted by Gasteiger charge is -2.36. The van der Waals surface area contributed by atoms with Gasteiger partial charge in [-0.1, -0.05) is 15.9 Å². The number of pyridine rings is 2. The van der Waals surface area contributed by atoms with Crippen molar-refractivity contribution in [3.05, 3.63) is 62.1 Å². The summed E-state index contributed by atoms with van der Waals surface area (Å²) in [5, 5.41) is 5.60. The highest BCUT2D eigenvalue weighted by Gasteiger charge is 2.23. The van der Waals surface area contributed by atoms with E-state index in [-0.39, 0.29) is 5.56 Å². The van der Waals surface area contributed by atoms with Gasteiger partial charge in [0.15, 0.2) is 0 Å². The quantitative estimate of drug-likeness (QED) is 0.519. The fraction of sp³-hybridized carbons (Fsp3) is 0.417. The summed E-state index contributed by atoms with van der Waals surface area (Å²) in [6.07, 6.45) is 3.91. The van der Waals surface area contributed by atoms with E-state index >= 15 is 0 Å². The van der Waals surface area contributed by atoms with Gasteiger partial charge >= 0.3 is 0 Å². The van der Waals surface area contributed by atoms with Gasteiger partial charge in [-0.15, -0.1) is 0 Å². The second kappa shape index (κ2) is 9.40. The zero-order chi connectivity index (χ0) is 22.0. The molecule has 1 aromatic carbocycles. The lowest BCUT2D eigenvalue weighted by molar-refractivity contribution is 0.0847. The molecule has 1 fully saturated rings. The number of benzene rings is 1. The molecular formula is C24H29BrN4O2. The third-order valence-corrected chi connectivity index (χ3v) is 6.49. The van der Waals surface area contributed by atoms with Crippen LogP contribution in [0.15, 0.2) is 39.7 Å². The van der Waals surface area contributed by atoms with E-state index in [4.69, 9.17) is 4.74 Å². The molecule has 2 aromatic heterocycles. The van der Waals surface area contributed by atoms with Crippen LogP contribution in [0.1, 0.15) is 36.6 Å². The van der Waals surface area contributed by atoms with Crippen LogP contribution in [0.3, 0.4) is 0 Å². The molecule has 0 aliphatic carbocycles. The summed E-state index contributed by atoms with van der Waals surface area (Å²) in [7, 11) is 0. The maximum Gasteiger partial charge on any atom is 0.253 e. The van der Waals surface area contributed by atoms with Crippen molar-refractivity contribution < 1.29 is 4.74 Å². The first-order valence-electron chi connectivity index (χ1n) is 10.8. The second-order valence-electron chi connectivity index (χ2n) is 8.11. The van der Waals surface area contributed by atoms with Gasteiger partial charge in [0.1, 0.15) is 5.82 Å². The number of nitrogens with zero attached hydrogens (tertiary/aromatic N) is 2. The van der Waals surface area contributed by atoms with E-state index in [0.29, 0.717) is 12.6 Å². The van der Waals surface area contributed by atoms with Gasteiger partial charge in [-0.05, 0) is 63.4 Å². The summed E-state index contributed by atoms with van der Waals surface area (Å²) >= 11 is 3.70. The highest BCUT2D eigenvalue weighted by Crippen LogP contribution is 2.36. The minimum atomic E-state index is -0.0521. The van der Waals surface area contributed by atoms with Crippen LogP contribution in [0.4, 0.5) is 11.5 Å². The molecule has 6 nitrogen and oxygen atoms in total. The van der Waals surface area contributed by atoms with E-state index in [2.05, 4.69) is 61.2 Å². The summed E-state index contributed by atoms with van der Waals surface area (Å²) in [4.78, 5) is 22.4. The lowest BCUT2D eigenvalue weighted by Crippen LogP contribution is -2.39. The molecule has 0 saturated carbocycles. The zero-order valence-corrected chi connectivity index (χ0v) is 19.9. The smallest absolute Gasteiger partial charge is 0.253 e. The number of aryl methyl sites for hydroxylation is 2. The predicted octanol–water partition coefficient (Wildman–Crippen LogP) is 4.92. The van der Waals surface area contributed by atoms with Crippen molar-refractivity contribution >= 4 is 38.2 Å². The number of hydrogen-bond donors (Lipinski definition) is 2. The molecule has 7 heteroatoms. The van der Waals surface area contributed by atoms with Crippen LogP contribution in [0.25, 0.3) is 10.8 Å². The van der Waals surface area contributed by atoms with E-state index in [9.17, 15) is 4.79 Å². The average molecular weight is 485 g/mol. The first-order chi connectivity index (χ1) is 15.0. The van der Waals surface area contributed by atoms with Gasteiger partial charge in [0.05, 0.1) is 0 Å². The maximum atomic E-state index is 12.4. The number of H-pyrrole nitrogens is 1. The van der Waals surface area contributed by atoms with Crippen molar-refractivity contribution in [2.24, 2.45) is 0 Å². The largest absolute Gasteiger partial charge is 0.381 e. The molecule has 0 unspecified atom stereocenters. The number of aromatic amines is 1. The third kappa shape index (κ3) is 4.62. The lowest BCUT2D eigenvalue weighted by atomic mass is 10.0. The molecule has 0 amide bonds. The molecular weight excluding hydrogens is 456 g/mol. The van der Waals surface area contributed by atoms with Crippen molar-refractivity contribution in [1.29, 1.82) is 0 Å². The van der Waals surface area contributed by atoms with Crippen molar-refractivity contribution in [2.45, 2.75) is 46.2 Å². The van der Waals surface area contributed by atoms with E-state index in [1.807, 2.05) is 26.1 Å². The summed E-state index contributed by atoms with van der Waals surface area (Å²) in [6.45, 7) is 9.05. The van der Waals surface area contributed by atoms with Crippen LogP contribution < -0.4 is 15.8 Å². The molecule has 4 rings (SSSR count). The van der Waals surface area contributed by atoms with Crippen LogP contribution in [0, 0.1) is 13.8 Å². The predicted molar refractivity (Wildman–Crippen MR) is 130 cm³/mol. The molecule has 31 heavy (non-hydrogen) atoms. The number of ether oxygens (including phenoxy) is 1. The third-order valence-electron chi connectivity index (χ3n) is 6.03. The van der Waals surface area contributed by atoms with Crippen molar-refractivity contribution in [1.82, 2.24) is 9.97 Å². The number of hydrogen-bond acceptors (Lipinski definition) is 5. The van der Waals surface area contributed by atoms with Crippen molar-refractivity contribution in [3.8, 4) is 0 Å². The summed E-state index contributed by atoms with van der Waals surface area (Å²) in [5.74, 6) is 0.780. The molecule has 0 radical (unpaired) electrons. The molecule has 1 aliphatic rings. The fourth-order valence-electron chi connectivity index (χ4n) is 4.50. The van der Waals surface area contributed by atoms with E-state index in [1.165, 1.54) is 5.69 Å². The van der Waals surface area contributed by atoms with Gasteiger partial charge < -0.3 is 19.9 Å². The maximum absolute atomic E-state index is 12.4. The standard InChI is InChI=1S/C24H29BrN4O2/c1-4-29(18-6-9-31-10-7-18)22-13-17(25)12-20-19(22)5-8-26-23(20)27-14-21-15(2)11-16(3)28-24(21)30/h5,8,11-13,18H,4,6-7,9-10,14H2,1-3H3,(H,26,27)(H,28,30). The molecule has 1 saturated heterocycles. The molecule has 0 spiro atoms. The minimum Gasteiger partial charge on any atom is -0.381 e. The first-order valence-corrected chi connectivity index (χ1v) is 11.6. The number of anilines is 2. The first kappa shape index (κ1) is 21.8. The van der Waals surface area contributed by atoms with Crippen LogP contribution >= 0.6 is 15.9 Å². The number of aromatic nitrogens is 2. The highest BCUT2D eigenvalue weighted by molar-refractivity contribution is 9.10. The Balaban J connectivity index is 1.71. The second-order valence-corrected chi connectivity index (χ2v) is 9.02. The van der Waals surface area contributed by atoms with Gasteiger partial charge in [-0.2, -0.15) is 0 Å².